The van der Waals surface area contributed by atoms with Gasteiger partial charge in [-0.25, -0.2) is 4.98 Å². The Morgan fingerprint density at radius 3 is 2.81 bits per heavy atom. The number of nitrogens with zero attached hydrogens (tertiary/aromatic N) is 4. The highest BCUT2D eigenvalue weighted by molar-refractivity contribution is 5.88. The molecule has 5 rings (SSSR count). The molecule has 0 atom stereocenters. The fourth-order valence-corrected chi connectivity index (χ4v) is 3.94. The van der Waals surface area contributed by atoms with Crippen LogP contribution >= 0.6 is 0 Å². The van der Waals surface area contributed by atoms with Crippen molar-refractivity contribution in [3.05, 3.63) is 48.9 Å². The van der Waals surface area contributed by atoms with Crippen LogP contribution in [0, 0.1) is 0 Å². The van der Waals surface area contributed by atoms with Crippen LogP contribution in [-0.2, 0) is 0 Å². The van der Waals surface area contributed by atoms with Gasteiger partial charge in [0, 0.05) is 45.5 Å². The minimum atomic E-state index is 0.908. The molecule has 1 fully saturated rings. The zero-order valence-corrected chi connectivity index (χ0v) is 14.8. The average Bonchev–Trinajstić information content (AvgIpc) is 3.33. The van der Waals surface area contributed by atoms with Crippen LogP contribution in [0.15, 0.2) is 53.3 Å². The maximum atomic E-state index is 5.51. The van der Waals surface area contributed by atoms with Crippen molar-refractivity contribution in [2.45, 2.75) is 0 Å². The number of pyridine rings is 1. The molecule has 6 heteroatoms. The van der Waals surface area contributed by atoms with Crippen molar-refractivity contribution in [3.8, 4) is 0 Å². The maximum Gasteiger partial charge on any atom is 0.139 e. The molecule has 6 nitrogen and oxygen atoms in total. The Balaban J connectivity index is 1.19. The van der Waals surface area contributed by atoms with Crippen LogP contribution in [0.25, 0.3) is 11.0 Å². The van der Waals surface area contributed by atoms with Crippen molar-refractivity contribution in [2.75, 3.05) is 61.1 Å². The van der Waals surface area contributed by atoms with Gasteiger partial charge >= 0.3 is 0 Å². The van der Waals surface area contributed by atoms with Crippen molar-refractivity contribution >= 4 is 28.2 Å². The number of furan rings is 1. The van der Waals surface area contributed by atoms with E-state index in [-0.39, 0.29) is 0 Å². The number of nitrogens with one attached hydrogen (secondary N) is 1. The minimum Gasteiger partial charge on any atom is -0.464 e. The number of benzene rings is 1. The second kappa shape index (κ2) is 6.53. The predicted molar refractivity (Wildman–Crippen MR) is 105 cm³/mol. The standard InChI is InChI=1S/C20H23N5O/c1-2-4-18-17(3-1)22-15-25(18)13-10-23-8-11-24(12-9-23)20-16-6-14-26-19(16)5-7-21-20/h1-7,14,22H,8-13,15H2. The van der Waals surface area contributed by atoms with E-state index in [1.807, 2.05) is 18.3 Å². The summed E-state index contributed by atoms with van der Waals surface area (Å²) in [4.78, 5) is 11.9. The Hall–Kier alpha value is -2.73. The molecule has 0 amide bonds. The minimum absolute atomic E-state index is 0.908. The van der Waals surface area contributed by atoms with Crippen LogP contribution in [0.1, 0.15) is 0 Å². The van der Waals surface area contributed by atoms with Crippen LogP contribution in [0.2, 0.25) is 0 Å². The summed E-state index contributed by atoms with van der Waals surface area (Å²) in [5, 5.41) is 4.57. The quantitative estimate of drug-likeness (QED) is 0.782. The lowest BCUT2D eigenvalue weighted by Crippen LogP contribution is -2.48. The number of fused-ring (bicyclic) bond motifs is 2. The Labute approximate surface area is 153 Å². The highest BCUT2D eigenvalue weighted by Crippen LogP contribution is 2.30. The van der Waals surface area contributed by atoms with E-state index in [2.05, 4.69) is 49.3 Å². The molecular formula is C20H23N5O. The van der Waals surface area contributed by atoms with Crippen LogP contribution in [0.5, 0.6) is 0 Å². The Morgan fingerprint density at radius 1 is 1.00 bits per heavy atom. The first kappa shape index (κ1) is 15.5. The number of hydrogen-bond acceptors (Lipinski definition) is 6. The fourth-order valence-electron chi connectivity index (χ4n) is 3.94. The maximum absolute atomic E-state index is 5.51. The number of rotatable bonds is 4. The average molecular weight is 349 g/mol. The molecule has 0 spiro atoms. The van der Waals surface area contributed by atoms with Crippen LogP contribution in [0.4, 0.5) is 17.2 Å². The van der Waals surface area contributed by atoms with Crippen LogP contribution < -0.4 is 15.1 Å². The predicted octanol–water partition coefficient (Wildman–Crippen LogP) is 2.84. The highest BCUT2D eigenvalue weighted by Gasteiger charge is 2.22. The van der Waals surface area contributed by atoms with E-state index in [9.17, 15) is 0 Å². The Bertz CT molecular complexity index is 900. The Morgan fingerprint density at radius 2 is 1.88 bits per heavy atom. The lowest BCUT2D eigenvalue weighted by atomic mass is 10.2. The first-order valence-electron chi connectivity index (χ1n) is 9.26. The van der Waals surface area contributed by atoms with Crippen molar-refractivity contribution < 1.29 is 4.42 Å². The summed E-state index contributed by atoms with van der Waals surface area (Å²) >= 11 is 0. The molecule has 0 radical (unpaired) electrons. The third kappa shape index (κ3) is 2.76. The molecule has 1 aromatic carbocycles. The van der Waals surface area contributed by atoms with Gasteiger partial charge in [-0.05, 0) is 24.3 Å². The topological polar surface area (TPSA) is 47.8 Å². The zero-order valence-electron chi connectivity index (χ0n) is 14.8. The summed E-state index contributed by atoms with van der Waals surface area (Å²) in [6.45, 7) is 7.20. The summed E-state index contributed by atoms with van der Waals surface area (Å²) in [7, 11) is 0. The largest absolute Gasteiger partial charge is 0.464 e. The third-order valence-electron chi connectivity index (χ3n) is 5.42. The molecule has 4 heterocycles. The van der Waals surface area contributed by atoms with Crippen molar-refractivity contribution in [1.29, 1.82) is 0 Å². The van der Waals surface area contributed by atoms with Gasteiger partial charge in [0.05, 0.1) is 29.7 Å². The zero-order chi connectivity index (χ0) is 17.3. The molecule has 3 aromatic rings. The van der Waals surface area contributed by atoms with E-state index in [0.29, 0.717) is 0 Å². The van der Waals surface area contributed by atoms with Crippen molar-refractivity contribution in [2.24, 2.45) is 0 Å². The van der Waals surface area contributed by atoms with Crippen molar-refractivity contribution in [1.82, 2.24) is 9.88 Å². The number of piperazine rings is 1. The molecule has 2 aromatic heterocycles. The fraction of sp³-hybridized carbons (Fsp3) is 0.350. The summed E-state index contributed by atoms with van der Waals surface area (Å²) in [5.74, 6) is 1.05. The van der Waals surface area contributed by atoms with Gasteiger partial charge in [0.15, 0.2) is 0 Å². The smallest absolute Gasteiger partial charge is 0.139 e. The highest BCUT2D eigenvalue weighted by atomic mass is 16.3. The first-order valence-corrected chi connectivity index (χ1v) is 9.26. The lowest BCUT2D eigenvalue weighted by Gasteiger charge is -2.36. The molecule has 2 aliphatic heterocycles. The van der Waals surface area contributed by atoms with Crippen LogP contribution in [-0.4, -0.2) is 55.8 Å². The number of aromatic nitrogens is 1. The monoisotopic (exact) mass is 349 g/mol. The normalized spacial score (nSPS) is 17.5. The summed E-state index contributed by atoms with van der Waals surface area (Å²) in [6, 6.07) is 12.5. The first-order chi connectivity index (χ1) is 12.9. The van der Waals surface area contributed by atoms with E-state index in [4.69, 9.17) is 4.42 Å². The van der Waals surface area contributed by atoms with Gasteiger partial charge < -0.3 is 19.5 Å². The van der Waals surface area contributed by atoms with Gasteiger partial charge in [-0.2, -0.15) is 0 Å². The summed E-state index contributed by atoms with van der Waals surface area (Å²) < 4.78 is 5.51. The molecule has 2 aliphatic rings. The summed E-state index contributed by atoms with van der Waals surface area (Å²) in [6.07, 6.45) is 3.58. The second-order valence-electron chi connectivity index (χ2n) is 6.91. The SMILES string of the molecule is c1ccc2c(c1)NCN2CCN1CCN(c2nccc3occc23)CC1. The molecule has 0 saturated carbocycles. The van der Waals surface area contributed by atoms with Gasteiger partial charge in [0.2, 0.25) is 0 Å². The third-order valence-corrected chi connectivity index (χ3v) is 5.42. The van der Waals surface area contributed by atoms with Gasteiger partial charge in [-0.1, -0.05) is 12.1 Å². The van der Waals surface area contributed by atoms with E-state index in [0.717, 1.165) is 62.7 Å². The van der Waals surface area contributed by atoms with Crippen molar-refractivity contribution in [3.63, 3.8) is 0 Å². The molecule has 1 saturated heterocycles. The number of hydrogen-bond donors (Lipinski definition) is 1. The lowest BCUT2D eigenvalue weighted by molar-refractivity contribution is 0.263. The van der Waals surface area contributed by atoms with E-state index in [1.54, 1.807) is 6.26 Å². The van der Waals surface area contributed by atoms with Gasteiger partial charge in [0.25, 0.3) is 0 Å². The molecule has 134 valence electrons. The van der Waals surface area contributed by atoms with Gasteiger partial charge in [-0.3, -0.25) is 4.90 Å². The van der Waals surface area contributed by atoms with Crippen LogP contribution in [0.3, 0.4) is 0 Å². The Kier molecular flexibility index (Phi) is 3.90. The number of para-hydroxylation sites is 2. The molecule has 0 unspecified atom stereocenters. The van der Waals surface area contributed by atoms with Gasteiger partial charge in [0.1, 0.15) is 11.4 Å². The molecule has 0 aliphatic carbocycles. The molecular weight excluding hydrogens is 326 g/mol. The second-order valence-corrected chi connectivity index (χ2v) is 6.91. The molecule has 1 N–H and O–H groups in total. The number of anilines is 3. The van der Waals surface area contributed by atoms with Gasteiger partial charge in [-0.15, -0.1) is 0 Å². The molecule has 26 heavy (non-hydrogen) atoms. The van der Waals surface area contributed by atoms with E-state index in [1.165, 1.54) is 11.4 Å². The summed E-state index contributed by atoms with van der Waals surface area (Å²) in [5.41, 5.74) is 3.48. The van der Waals surface area contributed by atoms with E-state index >= 15 is 0 Å². The molecule has 0 bridgehead atoms. The van der Waals surface area contributed by atoms with E-state index < -0.39 is 0 Å².